The summed E-state index contributed by atoms with van der Waals surface area (Å²) in [7, 11) is 1.73. The van der Waals surface area contributed by atoms with E-state index in [1.54, 1.807) is 29.2 Å². The second kappa shape index (κ2) is 6.74. The second-order valence-corrected chi connectivity index (χ2v) is 6.04. The molecular weight excluding hydrogens is 268 g/mol. The highest BCUT2D eigenvalue weighted by atomic mass is 16.2. The van der Waals surface area contributed by atoms with Gasteiger partial charge in [-0.05, 0) is 25.2 Å². The van der Waals surface area contributed by atoms with Crippen molar-refractivity contribution in [2.45, 2.75) is 45.6 Å². The van der Waals surface area contributed by atoms with E-state index in [1.165, 1.54) is 0 Å². The van der Waals surface area contributed by atoms with Crippen LogP contribution in [0, 0.1) is 5.92 Å². The van der Waals surface area contributed by atoms with Gasteiger partial charge >= 0.3 is 0 Å². The molecule has 1 unspecified atom stereocenters. The van der Waals surface area contributed by atoms with Gasteiger partial charge in [0, 0.05) is 26.2 Å². The molecule has 6 nitrogen and oxygen atoms in total. The van der Waals surface area contributed by atoms with Crippen molar-refractivity contribution in [1.29, 1.82) is 0 Å². The number of hydrogen-bond donors (Lipinski definition) is 1. The first-order chi connectivity index (χ1) is 10.0. The number of aromatic nitrogens is 2. The van der Waals surface area contributed by atoms with Crippen LogP contribution in [0.3, 0.4) is 0 Å². The Morgan fingerprint density at radius 1 is 1.48 bits per heavy atom. The second-order valence-electron chi connectivity index (χ2n) is 6.04. The quantitative estimate of drug-likeness (QED) is 0.899. The summed E-state index contributed by atoms with van der Waals surface area (Å²) in [5.74, 6) is 0.410. The van der Waals surface area contributed by atoms with Gasteiger partial charge in [0.15, 0.2) is 0 Å². The van der Waals surface area contributed by atoms with Gasteiger partial charge < -0.3 is 9.80 Å². The Morgan fingerprint density at radius 2 is 2.24 bits per heavy atom. The van der Waals surface area contributed by atoms with Gasteiger partial charge in [-0.2, -0.15) is 5.10 Å². The van der Waals surface area contributed by atoms with Crippen molar-refractivity contribution in [2.75, 3.05) is 18.5 Å². The number of piperidine rings is 1. The molecule has 0 radical (unpaired) electrons. The molecular formula is C15H24N4O2. The van der Waals surface area contributed by atoms with Gasteiger partial charge in [-0.15, -0.1) is 0 Å². The monoisotopic (exact) mass is 292 g/mol. The van der Waals surface area contributed by atoms with Crippen molar-refractivity contribution in [3.63, 3.8) is 0 Å². The molecule has 1 atom stereocenters. The minimum Gasteiger partial charge on any atom is -0.331 e. The van der Waals surface area contributed by atoms with Crippen molar-refractivity contribution in [1.82, 2.24) is 15.1 Å². The van der Waals surface area contributed by atoms with E-state index < -0.39 is 0 Å². The topological polar surface area (TPSA) is 69.3 Å². The first-order valence-corrected chi connectivity index (χ1v) is 7.56. The first-order valence-electron chi connectivity index (χ1n) is 7.56. The summed E-state index contributed by atoms with van der Waals surface area (Å²) < 4.78 is 0. The molecule has 2 heterocycles. The predicted octanol–water partition coefficient (Wildman–Crippen LogP) is 1.80. The van der Waals surface area contributed by atoms with Gasteiger partial charge in [0.2, 0.25) is 11.8 Å². The van der Waals surface area contributed by atoms with Crippen LogP contribution in [0.25, 0.3) is 0 Å². The summed E-state index contributed by atoms with van der Waals surface area (Å²) in [4.78, 5) is 28.3. The predicted molar refractivity (Wildman–Crippen MR) is 80.8 cm³/mol. The standard InChI is InChI=1S/C15H24N4O2/c1-11(2)8-13(19-7-5-4-6-14(19)20)15(21)18(3)12-9-16-17-10-12/h9-11,13H,4-8H2,1-3H3,(H,16,17). The Labute approximate surface area is 125 Å². The van der Waals surface area contributed by atoms with Crippen LogP contribution in [-0.2, 0) is 9.59 Å². The number of carbonyl (C=O) groups is 2. The number of rotatable bonds is 5. The number of nitrogens with one attached hydrogen (secondary N) is 1. The number of anilines is 1. The molecule has 2 rings (SSSR count). The molecule has 116 valence electrons. The van der Waals surface area contributed by atoms with Crippen LogP contribution in [0.15, 0.2) is 12.4 Å². The summed E-state index contributed by atoms with van der Waals surface area (Å²) in [6.07, 6.45) is 6.44. The SMILES string of the molecule is CC(C)CC(C(=O)N(C)c1cn[nH]c1)N1CCCCC1=O. The van der Waals surface area contributed by atoms with Crippen molar-refractivity contribution in [2.24, 2.45) is 5.92 Å². The van der Waals surface area contributed by atoms with E-state index in [-0.39, 0.29) is 17.9 Å². The van der Waals surface area contributed by atoms with Crippen LogP contribution in [0.1, 0.15) is 39.5 Å². The summed E-state index contributed by atoms with van der Waals surface area (Å²) in [6, 6.07) is -0.377. The van der Waals surface area contributed by atoms with Gasteiger partial charge in [0.25, 0.3) is 0 Å². The van der Waals surface area contributed by atoms with Crippen LogP contribution >= 0.6 is 0 Å². The molecule has 21 heavy (non-hydrogen) atoms. The number of likely N-dealkylation sites (N-methyl/N-ethyl adjacent to an activating group) is 1. The third kappa shape index (κ3) is 3.62. The molecule has 1 aromatic rings. The van der Waals surface area contributed by atoms with E-state index in [4.69, 9.17) is 0 Å². The number of carbonyl (C=O) groups excluding carboxylic acids is 2. The number of H-pyrrole nitrogens is 1. The number of hydrogen-bond acceptors (Lipinski definition) is 3. The Hall–Kier alpha value is -1.85. The fraction of sp³-hybridized carbons (Fsp3) is 0.667. The molecule has 1 aromatic heterocycles. The molecule has 6 heteroatoms. The highest BCUT2D eigenvalue weighted by molar-refractivity contribution is 5.98. The maximum Gasteiger partial charge on any atom is 0.249 e. The minimum atomic E-state index is -0.377. The van der Waals surface area contributed by atoms with Gasteiger partial charge in [0.05, 0.1) is 11.9 Å². The highest BCUT2D eigenvalue weighted by Gasteiger charge is 2.33. The maximum absolute atomic E-state index is 12.8. The Balaban J connectivity index is 2.18. The minimum absolute atomic E-state index is 0.0413. The smallest absolute Gasteiger partial charge is 0.249 e. The van der Waals surface area contributed by atoms with E-state index in [9.17, 15) is 9.59 Å². The van der Waals surface area contributed by atoms with E-state index in [2.05, 4.69) is 24.0 Å². The zero-order valence-electron chi connectivity index (χ0n) is 13.0. The largest absolute Gasteiger partial charge is 0.331 e. The molecule has 0 spiro atoms. The first kappa shape index (κ1) is 15.5. The molecule has 1 fully saturated rings. The van der Waals surface area contributed by atoms with E-state index in [0.29, 0.717) is 25.3 Å². The number of amides is 2. The van der Waals surface area contributed by atoms with Crippen molar-refractivity contribution >= 4 is 17.5 Å². The van der Waals surface area contributed by atoms with Crippen molar-refractivity contribution in [3.05, 3.63) is 12.4 Å². The lowest BCUT2D eigenvalue weighted by Crippen LogP contribution is -2.52. The van der Waals surface area contributed by atoms with Gasteiger partial charge in [0.1, 0.15) is 6.04 Å². The molecule has 1 saturated heterocycles. The van der Waals surface area contributed by atoms with E-state index >= 15 is 0 Å². The van der Waals surface area contributed by atoms with Crippen LogP contribution in [-0.4, -0.2) is 46.5 Å². The average Bonchev–Trinajstić information content (AvgIpc) is 2.98. The fourth-order valence-electron chi connectivity index (χ4n) is 2.74. The zero-order chi connectivity index (χ0) is 15.4. The maximum atomic E-state index is 12.8. The zero-order valence-corrected chi connectivity index (χ0v) is 13.0. The Morgan fingerprint density at radius 3 is 2.81 bits per heavy atom. The molecule has 0 bridgehead atoms. The molecule has 0 saturated carbocycles. The lowest BCUT2D eigenvalue weighted by Gasteiger charge is -2.36. The van der Waals surface area contributed by atoms with E-state index in [0.717, 1.165) is 18.5 Å². The number of likely N-dealkylation sites (tertiary alicyclic amines) is 1. The summed E-state index contributed by atoms with van der Waals surface area (Å²) in [6.45, 7) is 4.83. The van der Waals surface area contributed by atoms with Gasteiger partial charge in [-0.3, -0.25) is 14.7 Å². The van der Waals surface area contributed by atoms with Crippen LogP contribution < -0.4 is 4.90 Å². The third-order valence-corrected chi connectivity index (χ3v) is 3.92. The molecule has 0 aliphatic carbocycles. The average molecular weight is 292 g/mol. The summed E-state index contributed by atoms with van der Waals surface area (Å²) in [5.41, 5.74) is 0.721. The third-order valence-electron chi connectivity index (χ3n) is 3.92. The number of nitrogens with zero attached hydrogens (tertiary/aromatic N) is 3. The fourth-order valence-corrected chi connectivity index (χ4v) is 2.74. The molecule has 1 aliphatic rings. The molecule has 2 amide bonds. The Kier molecular flexibility index (Phi) is 4.98. The van der Waals surface area contributed by atoms with Crippen molar-refractivity contribution < 1.29 is 9.59 Å². The summed E-state index contributed by atoms with van der Waals surface area (Å²) >= 11 is 0. The van der Waals surface area contributed by atoms with Crippen LogP contribution in [0.4, 0.5) is 5.69 Å². The van der Waals surface area contributed by atoms with Crippen LogP contribution in [0.2, 0.25) is 0 Å². The number of aromatic amines is 1. The summed E-state index contributed by atoms with van der Waals surface area (Å²) in [5, 5.41) is 6.58. The molecule has 1 aliphatic heterocycles. The molecule has 0 aromatic carbocycles. The lowest BCUT2D eigenvalue weighted by molar-refractivity contribution is -0.141. The normalized spacial score (nSPS) is 17.1. The van der Waals surface area contributed by atoms with E-state index in [1.807, 2.05) is 0 Å². The van der Waals surface area contributed by atoms with Gasteiger partial charge in [-0.25, -0.2) is 0 Å². The highest BCUT2D eigenvalue weighted by Crippen LogP contribution is 2.22. The Bertz CT molecular complexity index is 484. The lowest BCUT2D eigenvalue weighted by atomic mass is 9.98. The van der Waals surface area contributed by atoms with Gasteiger partial charge in [-0.1, -0.05) is 13.8 Å². The van der Waals surface area contributed by atoms with Crippen molar-refractivity contribution in [3.8, 4) is 0 Å². The molecule has 1 N–H and O–H groups in total. The van der Waals surface area contributed by atoms with Crippen LogP contribution in [0.5, 0.6) is 0 Å².